The summed E-state index contributed by atoms with van der Waals surface area (Å²) in [6.45, 7) is 13.5. The maximum Gasteiger partial charge on any atom is 0.333 e. The fourth-order valence-corrected chi connectivity index (χ4v) is 4.65. The van der Waals surface area contributed by atoms with E-state index in [0.29, 0.717) is 47.9 Å². The number of hydrogen-bond donors (Lipinski definition) is 1. The molecular weight excluding hydrogens is 542 g/mol. The molecule has 0 spiro atoms. The summed E-state index contributed by atoms with van der Waals surface area (Å²) in [5.74, 6) is 0.586. The summed E-state index contributed by atoms with van der Waals surface area (Å²) in [5.41, 5.74) is 6.83. The van der Waals surface area contributed by atoms with Crippen LogP contribution in [0.15, 0.2) is 66.7 Å². The van der Waals surface area contributed by atoms with Crippen LogP contribution in [0.1, 0.15) is 54.9 Å². The number of aromatic nitrogens is 3. The fraction of sp³-hybridized carbons (Fsp3) is 0.286. The third kappa shape index (κ3) is 8.13. The highest BCUT2D eigenvalue weighted by Crippen LogP contribution is 2.34. The average Bonchev–Trinajstić information content (AvgIpc) is 2.94. The summed E-state index contributed by atoms with van der Waals surface area (Å²) in [7, 11) is 0. The zero-order chi connectivity index (χ0) is 31.1. The number of esters is 2. The van der Waals surface area contributed by atoms with Crippen LogP contribution in [0.2, 0.25) is 0 Å². The molecular formula is C35H37N3O5. The van der Waals surface area contributed by atoms with Crippen LogP contribution >= 0.6 is 0 Å². The molecule has 222 valence electrons. The number of carbonyl (C=O) groups excluding carboxylic acids is 2. The van der Waals surface area contributed by atoms with Crippen LogP contribution in [-0.2, 0) is 14.3 Å². The van der Waals surface area contributed by atoms with Crippen molar-refractivity contribution in [3.8, 4) is 45.7 Å². The molecule has 43 heavy (non-hydrogen) atoms. The Morgan fingerprint density at radius 3 is 1.79 bits per heavy atom. The number of phenolic OH excluding ortho intramolecular Hbond substituents is 1. The van der Waals surface area contributed by atoms with Crippen molar-refractivity contribution in [3.05, 3.63) is 89.0 Å². The van der Waals surface area contributed by atoms with E-state index < -0.39 is 11.9 Å². The highest BCUT2D eigenvalue weighted by Gasteiger charge is 2.18. The number of aromatic hydroxyl groups is 1. The maximum absolute atomic E-state index is 12.4. The van der Waals surface area contributed by atoms with E-state index in [1.807, 2.05) is 52.0 Å². The molecule has 1 aromatic heterocycles. The van der Waals surface area contributed by atoms with Crippen molar-refractivity contribution in [1.29, 1.82) is 0 Å². The number of nitrogens with zero attached hydrogens (tertiary/aromatic N) is 3. The first-order valence-electron chi connectivity index (χ1n) is 14.3. The lowest BCUT2D eigenvalue weighted by atomic mass is 10.0. The van der Waals surface area contributed by atoms with Crippen LogP contribution in [0.25, 0.3) is 34.2 Å². The van der Waals surface area contributed by atoms with Crippen molar-refractivity contribution in [1.82, 2.24) is 15.0 Å². The monoisotopic (exact) mass is 579 g/mol. The second kappa shape index (κ2) is 13.9. The molecule has 0 radical (unpaired) electrons. The molecule has 0 fully saturated rings. The number of ether oxygens (including phenoxy) is 2. The molecule has 8 heteroatoms. The Hall–Kier alpha value is -4.85. The SMILES string of the molecule is C=C(C)C(=O)OCCCCCC(=O)Oc1ccc(-c2nc(-c3ccc(C)cc3C)nc(-c3ccc(C)cc3C)n2)c(O)c1. The van der Waals surface area contributed by atoms with Gasteiger partial charge in [0.05, 0.1) is 12.2 Å². The Kier molecular flexibility index (Phi) is 10.0. The van der Waals surface area contributed by atoms with Gasteiger partial charge < -0.3 is 14.6 Å². The Morgan fingerprint density at radius 2 is 1.28 bits per heavy atom. The second-order valence-electron chi connectivity index (χ2n) is 10.8. The van der Waals surface area contributed by atoms with Crippen LogP contribution in [0.3, 0.4) is 0 Å². The fourth-order valence-electron chi connectivity index (χ4n) is 4.65. The summed E-state index contributed by atoms with van der Waals surface area (Å²) in [6.07, 6.45) is 2.12. The van der Waals surface area contributed by atoms with E-state index in [9.17, 15) is 14.7 Å². The Balaban J connectivity index is 1.53. The van der Waals surface area contributed by atoms with Crippen LogP contribution in [0.5, 0.6) is 11.5 Å². The van der Waals surface area contributed by atoms with Gasteiger partial charge in [0.15, 0.2) is 17.5 Å². The van der Waals surface area contributed by atoms with Gasteiger partial charge in [-0.2, -0.15) is 0 Å². The van der Waals surface area contributed by atoms with Gasteiger partial charge in [-0.15, -0.1) is 0 Å². The molecule has 0 aliphatic rings. The molecule has 0 atom stereocenters. The van der Waals surface area contributed by atoms with Crippen LogP contribution in [-0.4, -0.2) is 38.6 Å². The molecule has 1 N–H and O–H groups in total. The number of benzene rings is 3. The number of hydrogen-bond acceptors (Lipinski definition) is 8. The van der Waals surface area contributed by atoms with Gasteiger partial charge in [0.2, 0.25) is 0 Å². The van der Waals surface area contributed by atoms with Gasteiger partial charge in [-0.3, -0.25) is 4.79 Å². The maximum atomic E-state index is 12.4. The number of unbranched alkanes of at least 4 members (excludes halogenated alkanes) is 2. The van der Waals surface area contributed by atoms with Gasteiger partial charge in [0, 0.05) is 29.2 Å². The largest absolute Gasteiger partial charge is 0.507 e. The van der Waals surface area contributed by atoms with E-state index in [4.69, 9.17) is 24.4 Å². The first kappa shape index (κ1) is 31.1. The minimum Gasteiger partial charge on any atom is -0.507 e. The zero-order valence-corrected chi connectivity index (χ0v) is 25.4. The quantitative estimate of drug-likeness (QED) is 0.0847. The van der Waals surface area contributed by atoms with Crippen molar-refractivity contribution in [2.24, 2.45) is 0 Å². The molecule has 0 saturated carbocycles. The number of phenols is 1. The normalized spacial score (nSPS) is 10.8. The Bertz CT molecular complexity index is 1610. The summed E-state index contributed by atoms with van der Waals surface area (Å²) in [6, 6.07) is 16.8. The standard InChI is InChI=1S/C35H37N3O5/c1-21(2)35(41)42-17-9-7-8-10-31(40)43-26-13-16-29(30(39)20-26)34-37-32(27-14-11-22(3)18-24(27)5)36-33(38-34)28-15-12-23(4)19-25(28)6/h11-16,18-20,39H,1,7-10,17H2,2-6H3. The Morgan fingerprint density at radius 1 is 0.744 bits per heavy atom. The molecule has 1 heterocycles. The molecule has 0 bridgehead atoms. The summed E-state index contributed by atoms with van der Waals surface area (Å²) in [5, 5.41) is 11.0. The molecule has 0 saturated heterocycles. The number of carbonyl (C=O) groups is 2. The van der Waals surface area contributed by atoms with E-state index in [-0.39, 0.29) is 24.5 Å². The van der Waals surface area contributed by atoms with Gasteiger partial charge in [0.25, 0.3) is 0 Å². The zero-order valence-electron chi connectivity index (χ0n) is 25.4. The Labute approximate surface area is 252 Å². The predicted octanol–water partition coefficient (Wildman–Crippen LogP) is 7.40. The van der Waals surface area contributed by atoms with Gasteiger partial charge in [-0.05, 0) is 77.1 Å². The minimum absolute atomic E-state index is 0.117. The van der Waals surface area contributed by atoms with E-state index >= 15 is 0 Å². The van der Waals surface area contributed by atoms with E-state index in [2.05, 4.69) is 18.7 Å². The molecule has 0 amide bonds. The third-order valence-electron chi connectivity index (χ3n) is 6.93. The second-order valence-corrected chi connectivity index (χ2v) is 10.8. The van der Waals surface area contributed by atoms with Crippen molar-refractivity contribution < 1.29 is 24.2 Å². The molecule has 0 aliphatic carbocycles. The summed E-state index contributed by atoms with van der Waals surface area (Å²) in [4.78, 5) is 38.1. The third-order valence-corrected chi connectivity index (χ3v) is 6.93. The van der Waals surface area contributed by atoms with Gasteiger partial charge in [-0.1, -0.05) is 54.1 Å². The molecule has 4 rings (SSSR count). The van der Waals surface area contributed by atoms with Gasteiger partial charge >= 0.3 is 11.9 Å². The van der Waals surface area contributed by atoms with Crippen molar-refractivity contribution >= 4 is 11.9 Å². The van der Waals surface area contributed by atoms with Gasteiger partial charge in [-0.25, -0.2) is 19.7 Å². The molecule has 0 unspecified atom stereocenters. The first-order valence-corrected chi connectivity index (χ1v) is 14.3. The summed E-state index contributed by atoms with van der Waals surface area (Å²) >= 11 is 0. The number of aryl methyl sites for hydroxylation is 4. The molecule has 8 nitrogen and oxygen atoms in total. The highest BCUT2D eigenvalue weighted by molar-refractivity contribution is 5.86. The lowest BCUT2D eigenvalue weighted by molar-refractivity contribution is -0.139. The summed E-state index contributed by atoms with van der Waals surface area (Å²) < 4.78 is 10.5. The number of rotatable bonds is 11. The van der Waals surface area contributed by atoms with E-state index in [0.717, 1.165) is 33.4 Å². The lowest BCUT2D eigenvalue weighted by Crippen LogP contribution is -2.08. The van der Waals surface area contributed by atoms with Crippen LogP contribution in [0, 0.1) is 27.7 Å². The van der Waals surface area contributed by atoms with Crippen molar-refractivity contribution in [2.75, 3.05) is 6.61 Å². The van der Waals surface area contributed by atoms with E-state index in [1.54, 1.807) is 19.1 Å². The van der Waals surface area contributed by atoms with Crippen molar-refractivity contribution in [3.63, 3.8) is 0 Å². The topological polar surface area (TPSA) is 112 Å². The van der Waals surface area contributed by atoms with Crippen LogP contribution < -0.4 is 4.74 Å². The van der Waals surface area contributed by atoms with Gasteiger partial charge in [0.1, 0.15) is 11.5 Å². The average molecular weight is 580 g/mol. The minimum atomic E-state index is -0.416. The molecule has 4 aromatic rings. The van der Waals surface area contributed by atoms with E-state index in [1.165, 1.54) is 6.07 Å². The van der Waals surface area contributed by atoms with Crippen molar-refractivity contribution in [2.45, 2.75) is 60.3 Å². The lowest BCUT2D eigenvalue weighted by Gasteiger charge is -2.13. The molecule has 3 aromatic carbocycles. The van der Waals surface area contributed by atoms with Crippen LogP contribution in [0.4, 0.5) is 0 Å². The molecule has 0 aliphatic heterocycles. The predicted molar refractivity (Wildman–Crippen MR) is 167 cm³/mol. The smallest absolute Gasteiger partial charge is 0.333 e. The first-order chi connectivity index (χ1) is 20.5. The highest BCUT2D eigenvalue weighted by atomic mass is 16.5.